The molecule has 0 atom stereocenters. The first-order valence-electron chi connectivity index (χ1n) is 7.76. The summed E-state index contributed by atoms with van der Waals surface area (Å²) < 4.78 is 2.03. The van der Waals surface area contributed by atoms with Gasteiger partial charge in [0.1, 0.15) is 0 Å². The molecular weight excluding hydrogens is 296 g/mol. The Hall–Kier alpha value is -1.82. The molecule has 6 heteroatoms. The molecule has 22 heavy (non-hydrogen) atoms. The van der Waals surface area contributed by atoms with Crippen LogP contribution in [0.2, 0.25) is 0 Å². The normalized spacial score (nSPS) is 15.3. The molecule has 1 aliphatic heterocycles. The van der Waals surface area contributed by atoms with Crippen molar-refractivity contribution in [3.8, 4) is 0 Å². The Labute approximate surface area is 135 Å². The molecule has 1 saturated heterocycles. The zero-order chi connectivity index (χ0) is 15.4. The Kier molecular flexibility index (Phi) is 4.77. The highest BCUT2D eigenvalue weighted by Gasteiger charge is 2.22. The van der Waals surface area contributed by atoms with E-state index in [2.05, 4.69) is 27.4 Å². The molecule has 2 aromatic rings. The number of carbonyl (C=O) groups is 1. The largest absolute Gasteiger partial charge is 0.339 e. The summed E-state index contributed by atoms with van der Waals surface area (Å²) in [7, 11) is 2.00. The van der Waals surface area contributed by atoms with Crippen LogP contribution in [0.15, 0.2) is 29.9 Å². The lowest BCUT2D eigenvalue weighted by Crippen LogP contribution is -2.49. The zero-order valence-corrected chi connectivity index (χ0v) is 13.8. The molecule has 0 N–H and O–H groups in total. The number of carbonyl (C=O) groups excluding carboxylic acids is 1. The van der Waals surface area contributed by atoms with Gasteiger partial charge in [-0.25, -0.2) is 4.98 Å². The quantitative estimate of drug-likeness (QED) is 0.848. The fraction of sp³-hybridized carbons (Fsp3) is 0.500. The van der Waals surface area contributed by atoms with Crippen LogP contribution >= 0.6 is 11.3 Å². The highest BCUT2D eigenvalue weighted by atomic mass is 32.1. The average molecular weight is 318 g/mol. The topological polar surface area (TPSA) is 41.4 Å². The van der Waals surface area contributed by atoms with Crippen LogP contribution < -0.4 is 4.90 Å². The van der Waals surface area contributed by atoms with Crippen LogP contribution in [-0.2, 0) is 18.3 Å². The minimum atomic E-state index is 0.288. The van der Waals surface area contributed by atoms with Crippen molar-refractivity contribution in [2.24, 2.45) is 7.05 Å². The number of thiophene rings is 1. The summed E-state index contributed by atoms with van der Waals surface area (Å²) in [6, 6.07) is 4.21. The van der Waals surface area contributed by atoms with E-state index in [0.717, 1.165) is 45.0 Å². The number of rotatable bonds is 5. The molecule has 0 aromatic carbocycles. The van der Waals surface area contributed by atoms with E-state index in [4.69, 9.17) is 0 Å². The van der Waals surface area contributed by atoms with E-state index in [1.54, 1.807) is 11.3 Å². The summed E-state index contributed by atoms with van der Waals surface area (Å²) in [5.74, 6) is 1.28. The minimum Gasteiger partial charge on any atom is -0.339 e. The van der Waals surface area contributed by atoms with Gasteiger partial charge in [-0.2, -0.15) is 0 Å². The molecule has 5 nitrogen and oxygen atoms in total. The maximum absolute atomic E-state index is 12.3. The Bertz CT molecular complexity index is 599. The predicted molar refractivity (Wildman–Crippen MR) is 89.3 cm³/mol. The third-order valence-corrected chi connectivity index (χ3v) is 5.04. The summed E-state index contributed by atoms with van der Waals surface area (Å²) in [6.45, 7) is 3.32. The van der Waals surface area contributed by atoms with Gasteiger partial charge >= 0.3 is 0 Å². The first-order valence-corrected chi connectivity index (χ1v) is 8.64. The van der Waals surface area contributed by atoms with Gasteiger partial charge in [0.15, 0.2) is 0 Å². The summed E-state index contributed by atoms with van der Waals surface area (Å²) in [4.78, 5) is 22.3. The monoisotopic (exact) mass is 318 g/mol. The molecule has 1 fully saturated rings. The number of nitrogens with zero attached hydrogens (tertiary/aromatic N) is 4. The average Bonchev–Trinajstić information content (AvgIpc) is 3.19. The van der Waals surface area contributed by atoms with Gasteiger partial charge < -0.3 is 14.4 Å². The standard InChI is InChI=1S/C16H22N4OS/c1-18-8-7-17-16(18)20-11-9-19(10-12-20)15(21)6-2-4-14-5-3-13-22-14/h3,5,7-8,13H,2,4,6,9-12H2,1H3. The van der Waals surface area contributed by atoms with Gasteiger partial charge in [0.2, 0.25) is 11.9 Å². The molecule has 0 saturated carbocycles. The highest BCUT2D eigenvalue weighted by Crippen LogP contribution is 2.15. The smallest absolute Gasteiger partial charge is 0.222 e. The van der Waals surface area contributed by atoms with Crippen LogP contribution in [0.1, 0.15) is 17.7 Å². The van der Waals surface area contributed by atoms with E-state index in [-0.39, 0.29) is 5.91 Å². The van der Waals surface area contributed by atoms with Gasteiger partial charge in [-0.05, 0) is 24.3 Å². The van der Waals surface area contributed by atoms with E-state index in [1.807, 2.05) is 28.9 Å². The second-order valence-corrected chi connectivity index (χ2v) is 6.67. The molecule has 1 aliphatic rings. The van der Waals surface area contributed by atoms with Crippen LogP contribution in [0.4, 0.5) is 5.95 Å². The number of imidazole rings is 1. The molecule has 3 rings (SSSR count). The van der Waals surface area contributed by atoms with E-state index >= 15 is 0 Å². The van der Waals surface area contributed by atoms with Gasteiger partial charge in [-0.3, -0.25) is 4.79 Å². The van der Waals surface area contributed by atoms with Crippen LogP contribution in [0.5, 0.6) is 0 Å². The van der Waals surface area contributed by atoms with Crippen LogP contribution in [0, 0.1) is 0 Å². The van der Waals surface area contributed by atoms with E-state index in [0.29, 0.717) is 6.42 Å². The number of piperazine rings is 1. The van der Waals surface area contributed by atoms with Crippen molar-refractivity contribution in [1.82, 2.24) is 14.5 Å². The maximum atomic E-state index is 12.3. The third-order valence-electron chi connectivity index (χ3n) is 4.10. The first kappa shape index (κ1) is 15.1. The van der Waals surface area contributed by atoms with Crippen molar-refractivity contribution in [3.63, 3.8) is 0 Å². The molecule has 0 bridgehead atoms. The summed E-state index contributed by atoms with van der Waals surface area (Å²) in [5, 5.41) is 2.09. The summed E-state index contributed by atoms with van der Waals surface area (Å²) in [6.07, 6.45) is 6.38. The first-order chi connectivity index (χ1) is 10.7. The van der Waals surface area contributed by atoms with Crippen LogP contribution in [0.25, 0.3) is 0 Å². The minimum absolute atomic E-state index is 0.288. The highest BCUT2D eigenvalue weighted by molar-refractivity contribution is 7.09. The number of aryl methyl sites for hydroxylation is 2. The fourth-order valence-electron chi connectivity index (χ4n) is 2.85. The van der Waals surface area contributed by atoms with Gasteiger partial charge in [0.25, 0.3) is 0 Å². The second-order valence-electron chi connectivity index (χ2n) is 5.64. The lowest BCUT2D eigenvalue weighted by atomic mass is 10.2. The Morgan fingerprint density at radius 1 is 1.32 bits per heavy atom. The SMILES string of the molecule is Cn1ccnc1N1CCN(C(=O)CCCc2cccs2)CC1. The third kappa shape index (κ3) is 3.50. The molecule has 0 aliphatic carbocycles. The van der Waals surface area contributed by atoms with Crippen molar-refractivity contribution in [3.05, 3.63) is 34.8 Å². The number of anilines is 1. The lowest BCUT2D eigenvalue weighted by molar-refractivity contribution is -0.131. The maximum Gasteiger partial charge on any atom is 0.222 e. The number of hydrogen-bond acceptors (Lipinski definition) is 4. The van der Waals surface area contributed by atoms with Crippen molar-refractivity contribution < 1.29 is 4.79 Å². The Morgan fingerprint density at radius 2 is 2.14 bits per heavy atom. The fourth-order valence-corrected chi connectivity index (χ4v) is 3.60. The van der Waals surface area contributed by atoms with Crippen LogP contribution in [-0.4, -0.2) is 46.5 Å². The summed E-state index contributed by atoms with van der Waals surface area (Å²) >= 11 is 1.77. The summed E-state index contributed by atoms with van der Waals surface area (Å²) in [5.41, 5.74) is 0. The van der Waals surface area contributed by atoms with E-state index in [9.17, 15) is 4.79 Å². The predicted octanol–water partition coefficient (Wildman–Crippen LogP) is 2.15. The van der Waals surface area contributed by atoms with E-state index < -0.39 is 0 Å². The Morgan fingerprint density at radius 3 is 2.77 bits per heavy atom. The molecule has 0 spiro atoms. The van der Waals surface area contributed by atoms with Crippen LogP contribution in [0.3, 0.4) is 0 Å². The van der Waals surface area contributed by atoms with Crippen molar-refractivity contribution in [1.29, 1.82) is 0 Å². The lowest BCUT2D eigenvalue weighted by Gasteiger charge is -2.35. The van der Waals surface area contributed by atoms with Gasteiger partial charge in [-0.1, -0.05) is 6.07 Å². The van der Waals surface area contributed by atoms with Gasteiger partial charge in [0.05, 0.1) is 0 Å². The van der Waals surface area contributed by atoms with Gasteiger partial charge in [-0.15, -0.1) is 11.3 Å². The molecule has 3 heterocycles. The molecule has 2 aromatic heterocycles. The molecular formula is C16H22N4OS. The van der Waals surface area contributed by atoms with Crippen molar-refractivity contribution in [2.45, 2.75) is 19.3 Å². The Balaban J connectivity index is 1.43. The van der Waals surface area contributed by atoms with Crippen molar-refractivity contribution in [2.75, 3.05) is 31.1 Å². The second kappa shape index (κ2) is 6.96. The number of hydrogen-bond donors (Lipinski definition) is 0. The number of amides is 1. The molecule has 1 amide bonds. The number of aromatic nitrogens is 2. The van der Waals surface area contributed by atoms with E-state index in [1.165, 1.54) is 4.88 Å². The molecule has 0 radical (unpaired) electrons. The van der Waals surface area contributed by atoms with Crippen molar-refractivity contribution >= 4 is 23.2 Å². The van der Waals surface area contributed by atoms with Gasteiger partial charge in [0, 0.05) is 56.9 Å². The molecule has 0 unspecified atom stereocenters. The molecule has 118 valence electrons. The zero-order valence-electron chi connectivity index (χ0n) is 12.9.